The highest BCUT2D eigenvalue weighted by molar-refractivity contribution is 5.95. The highest BCUT2D eigenvalue weighted by Crippen LogP contribution is 2.19. The second kappa shape index (κ2) is 5.40. The third-order valence-electron chi connectivity index (χ3n) is 3.63. The van der Waals surface area contributed by atoms with Crippen molar-refractivity contribution >= 4 is 5.91 Å². The molecule has 1 aliphatic heterocycles. The summed E-state index contributed by atoms with van der Waals surface area (Å²) in [6, 6.07) is 7.51. The van der Waals surface area contributed by atoms with Crippen molar-refractivity contribution in [3.8, 4) is 11.4 Å². The van der Waals surface area contributed by atoms with Gasteiger partial charge in [-0.2, -0.15) is 0 Å². The van der Waals surface area contributed by atoms with Crippen molar-refractivity contribution in [3.63, 3.8) is 0 Å². The summed E-state index contributed by atoms with van der Waals surface area (Å²) in [4.78, 5) is 14.4. The standard InChI is InChI=1S/C14H17N5O/c1-18-13(15-16-17-18)11-6-5-7-12(10-11)14(20)19-8-3-2-4-9-19/h5-7,10H,2-4,8-9H2,1H3. The second-order valence-corrected chi connectivity index (χ2v) is 5.06. The highest BCUT2D eigenvalue weighted by atomic mass is 16.2. The molecule has 1 amide bonds. The third-order valence-corrected chi connectivity index (χ3v) is 3.63. The van der Waals surface area contributed by atoms with Gasteiger partial charge >= 0.3 is 0 Å². The molecule has 0 unspecified atom stereocenters. The van der Waals surface area contributed by atoms with Gasteiger partial charge in [-0.15, -0.1) is 5.10 Å². The maximum Gasteiger partial charge on any atom is 0.253 e. The fourth-order valence-corrected chi connectivity index (χ4v) is 2.54. The largest absolute Gasteiger partial charge is 0.339 e. The van der Waals surface area contributed by atoms with Gasteiger partial charge in [0.15, 0.2) is 5.82 Å². The number of hydrogen-bond acceptors (Lipinski definition) is 4. The van der Waals surface area contributed by atoms with Gasteiger partial charge in [0.1, 0.15) is 0 Å². The van der Waals surface area contributed by atoms with Crippen molar-refractivity contribution < 1.29 is 4.79 Å². The number of benzene rings is 1. The SMILES string of the molecule is Cn1nnnc1-c1cccc(C(=O)N2CCCCC2)c1. The monoisotopic (exact) mass is 271 g/mol. The first-order valence-corrected chi connectivity index (χ1v) is 6.88. The van der Waals surface area contributed by atoms with Gasteiger partial charge in [-0.25, -0.2) is 4.68 Å². The number of rotatable bonds is 2. The molecule has 0 saturated carbocycles. The lowest BCUT2D eigenvalue weighted by atomic mass is 10.1. The molecule has 1 aromatic heterocycles. The van der Waals surface area contributed by atoms with E-state index in [-0.39, 0.29) is 5.91 Å². The molecule has 3 rings (SSSR count). The quantitative estimate of drug-likeness (QED) is 0.830. The number of nitrogens with zero attached hydrogens (tertiary/aromatic N) is 5. The Labute approximate surface area is 117 Å². The first-order valence-electron chi connectivity index (χ1n) is 6.88. The number of likely N-dealkylation sites (tertiary alicyclic amines) is 1. The zero-order valence-electron chi connectivity index (χ0n) is 11.5. The Bertz CT molecular complexity index is 616. The maximum atomic E-state index is 12.5. The minimum Gasteiger partial charge on any atom is -0.339 e. The van der Waals surface area contributed by atoms with Crippen molar-refractivity contribution in [2.75, 3.05) is 13.1 Å². The number of aromatic nitrogens is 4. The van der Waals surface area contributed by atoms with Crippen LogP contribution in [0.4, 0.5) is 0 Å². The lowest BCUT2D eigenvalue weighted by Gasteiger charge is -2.26. The molecule has 20 heavy (non-hydrogen) atoms. The molecule has 6 heteroatoms. The van der Waals surface area contributed by atoms with Crippen LogP contribution >= 0.6 is 0 Å². The van der Waals surface area contributed by atoms with Gasteiger partial charge < -0.3 is 4.90 Å². The molecule has 0 N–H and O–H groups in total. The topological polar surface area (TPSA) is 63.9 Å². The molecule has 6 nitrogen and oxygen atoms in total. The normalized spacial score (nSPS) is 15.3. The molecular formula is C14H17N5O. The predicted octanol–water partition coefficient (Wildman–Crippen LogP) is 1.50. The van der Waals surface area contributed by atoms with Crippen LogP contribution in [0.1, 0.15) is 29.6 Å². The fraction of sp³-hybridized carbons (Fsp3) is 0.429. The summed E-state index contributed by atoms with van der Waals surface area (Å²) in [5.41, 5.74) is 1.56. The summed E-state index contributed by atoms with van der Waals surface area (Å²) in [5, 5.41) is 11.4. The van der Waals surface area contributed by atoms with Crippen LogP contribution in [0.2, 0.25) is 0 Å². The van der Waals surface area contributed by atoms with Crippen LogP contribution in [0.25, 0.3) is 11.4 Å². The molecule has 0 bridgehead atoms. The molecule has 1 aliphatic rings. The average Bonchev–Trinajstić information content (AvgIpc) is 2.94. The summed E-state index contributed by atoms with van der Waals surface area (Å²) in [7, 11) is 1.79. The number of amides is 1. The summed E-state index contributed by atoms with van der Waals surface area (Å²) in [6.07, 6.45) is 3.41. The van der Waals surface area contributed by atoms with Gasteiger partial charge in [-0.1, -0.05) is 12.1 Å². The van der Waals surface area contributed by atoms with E-state index in [1.165, 1.54) is 6.42 Å². The molecular weight excluding hydrogens is 254 g/mol. The van der Waals surface area contributed by atoms with Crippen molar-refractivity contribution in [3.05, 3.63) is 29.8 Å². The van der Waals surface area contributed by atoms with Crippen LogP contribution < -0.4 is 0 Å². The van der Waals surface area contributed by atoms with Crippen LogP contribution in [0.15, 0.2) is 24.3 Å². The number of piperidine rings is 1. The zero-order chi connectivity index (χ0) is 13.9. The number of tetrazole rings is 1. The smallest absolute Gasteiger partial charge is 0.253 e. The molecule has 1 fully saturated rings. The molecule has 2 heterocycles. The van der Waals surface area contributed by atoms with Crippen LogP contribution in [0.3, 0.4) is 0 Å². The van der Waals surface area contributed by atoms with Gasteiger partial charge in [0, 0.05) is 31.3 Å². The van der Waals surface area contributed by atoms with Crippen molar-refractivity contribution in [2.45, 2.75) is 19.3 Å². The van der Waals surface area contributed by atoms with Gasteiger partial charge in [0.2, 0.25) is 0 Å². The number of hydrogen-bond donors (Lipinski definition) is 0. The first kappa shape index (κ1) is 12.8. The summed E-state index contributed by atoms with van der Waals surface area (Å²) >= 11 is 0. The Morgan fingerprint density at radius 3 is 2.70 bits per heavy atom. The fourth-order valence-electron chi connectivity index (χ4n) is 2.54. The van der Waals surface area contributed by atoms with Gasteiger partial charge in [-0.3, -0.25) is 4.79 Å². The molecule has 1 saturated heterocycles. The van der Waals surface area contributed by atoms with E-state index >= 15 is 0 Å². The Morgan fingerprint density at radius 2 is 2.00 bits per heavy atom. The Morgan fingerprint density at radius 1 is 1.20 bits per heavy atom. The Hall–Kier alpha value is -2.24. The average molecular weight is 271 g/mol. The van der Waals surface area contributed by atoms with E-state index in [1.54, 1.807) is 11.7 Å². The number of aryl methyl sites for hydroxylation is 1. The van der Waals surface area contributed by atoms with Gasteiger partial charge in [0.05, 0.1) is 0 Å². The van der Waals surface area contributed by atoms with E-state index < -0.39 is 0 Å². The first-order chi connectivity index (χ1) is 9.75. The lowest BCUT2D eigenvalue weighted by molar-refractivity contribution is 0.0724. The summed E-state index contributed by atoms with van der Waals surface area (Å²) < 4.78 is 1.60. The summed E-state index contributed by atoms with van der Waals surface area (Å²) in [5.74, 6) is 0.764. The van der Waals surface area contributed by atoms with Crippen molar-refractivity contribution in [1.29, 1.82) is 0 Å². The number of carbonyl (C=O) groups is 1. The molecule has 0 aliphatic carbocycles. The van der Waals surface area contributed by atoms with Gasteiger partial charge in [-0.05, 0) is 41.8 Å². The zero-order valence-corrected chi connectivity index (χ0v) is 11.5. The maximum absolute atomic E-state index is 12.5. The molecule has 104 valence electrons. The minimum absolute atomic E-state index is 0.0988. The van der Waals surface area contributed by atoms with Crippen LogP contribution in [0.5, 0.6) is 0 Å². The van der Waals surface area contributed by atoms with Crippen molar-refractivity contribution in [2.24, 2.45) is 7.05 Å². The number of carbonyl (C=O) groups excluding carboxylic acids is 1. The van der Waals surface area contributed by atoms with E-state index in [1.807, 2.05) is 29.2 Å². The molecule has 0 radical (unpaired) electrons. The van der Waals surface area contributed by atoms with Crippen LogP contribution in [0, 0.1) is 0 Å². The van der Waals surface area contributed by atoms with Crippen LogP contribution in [-0.4, -0.2) is 44.1 Å². The van der Waals surface area contributed by atoms with E-state index in [0.717, 1.165) is 31.5 Å². The molecule has 0 spiro atoms. The molecule has 1 aromatic carbocycles. The second-order valence-electron chi connectivity index (χ2n) is 5.06. The van der Waals surface area contributed by atoms with E-state index in [4.69, 9.17) is 0 Å². The van der Waals surface area contributed by atoms with Crippen LogP contribution in [-0.2, 0) is 7.05 Å². The van der Waals surface area contributed by atoms with Crippen molar-refractivity contribution in [1.82, 2.24) is 25.1 Å². The van der Waals surface area contributed by atoms with Gasteiger partial charge in [0.25, 0.3) is 5.91 Å². The minimum atomic E-state index is 0.0988. The Kier molecular flexibility index (Phi) is 3.45. The van der Waals surface area contributed by atoms with E-state index in [0.29, 0.717) is 11.4 Å². The van der Waals surface area contributed by atoms with E-state index in [9.17, 15) is 4.79 Å². The summed E-state index contributed by atoms with van der Waals surface area (Å²) in [6.45, 7) is 1.71. The highest BCUT2D eigenvalue weighted by Gasteiger charge is 2.18. The molecule has 2 aromatic rings. The molecule has 0 atom stereocenters. The third kappa shape index (κ3) is 2.41. The predicted molar refractivity (Wildman–Crippen MR) is 74.0 cm³/mol. The Balaban J connectivity index is 1.87. The lowest BCUT2D eigenvalue weighted by Crippen LogP contribution is -2.35. The van der Waals surface area contributed by atoms with E-state index in [2.05, 4.69) is 15.5 Å².